The molecule has 1 aliphatic heterocycles. The summed E-state index contributed by atoms with van der Waals surface area (Å²) < 4.78 is 48.6. The second-order valence-electron chi connectivity index (χ2n) is 4.97. The van der Waals surface area contributed by atoms with E-state index in [1.165, 1.54) is 6.07 Å². The smallest absolute Gasteiger partial charge is 0.493 e. The quantitative estimate of drug-likeness (QED) is 0.785. The predicted molar refractivity (Wildman–Crippen MR) is 68.9 cm³/mol. The Labute approximate surface area is 111 Å². The van der Waals surface area contributed by atoms with Gasteiger partial charge in [-0.25, -0.2) is 0 Å². The van der Waals surface area contributed by atoms with E-state index in [1.807, 2.05) is 0 Å². The van der Waals surface area contributed by atoms with Gasteiger partial charge >= 0.3 is 6.98 Å². The molecule has 1 fully saturated rings. The summed E-state index contributed by atoms with van der Waals surface area (Å²) in [6, 6.07) is 3.66. The molecule has 1 aromatic carbocycles. The zero-order valence-corrected chi connectivity index (χ0v) is 10.9. The highest BCUT2D eigenvalue weighted by Crippen LogP contribution is 2.21. The van der Waals surface area contributed by atoms with Crippen molar-refractivity contribution in [3.05, 3.63) is 23.8 Å². The van der Waals surface area contributed by atoms with E-state index in [0.717, 1.165) is 38.2 Å². The maximum Gasteiger partial charge on any atom is 0.509 e. The summed E-state index contributed by atoms with van der Waals surface area (Å²) in [7, 11) is 0. The lowest BCUT2D eigenvalue weighted by Gasteiger charge is -2.23. The predicted octanol–water partition coefficient (Wildman–Crippen LogP) is 2.85. The van der Waals surface area contributed by atoms with Crippen LogP contribution in [0.25, 0.3) is 0 Å². The van der Waals surface area contributed by atoms with Crippen LogP contribution in [0.5, 0.6) is 5.75 Å². The normalized spacial score (nSPS) is 17.5. The molecule has 0 saturated carbocycles. The van der Waals surface area contributed by atoms with Crippen LogP contribution in [0.2, 0.25) is 0 Å². The third kappa shape index (κ3) is 3.90. The van der Waals surface area contributed by atoms with E-state index in [0.29, 0.717) is 23.8 Å². The first-order chi connectivity index (χ1) is 8.97. The molecular formula is C13H17BF3O2-. The topological polar surface area (TPSA) is 18.5 Å². The first-order valence-corrected chi connectivity index (χ1v) is 6.48. The van der Waals surface area contributed by atoms with Crippen LogP contribution in [0.4, 0.5) is 12.9 Å². The van der Waals surface area contributed by atoms with Crippen molar-refractivity contribution in [2.45, 2.75) is 19.8 Å². The van der Waals surface area contributed by atoms with E-state index >= 15 is 0 Å². The van der Waals surface area contributed by atoms with E-state index in [9.17, 15) is 12.9 Å². The SMILES string of the molecule is Cc1cc([B-](F)(F)F)ccc1OCC1CCOCC1. The van der Waals surface area contributed by atoms with Gasteiger partial charge in [0.1, 0.15) is 5.75 Å². The molecule has 1 aliphatic rings. The lowest BCUT2D eigenvalue weighted by molar-refractivity contribution is 0.0496. The standard InChI is InChI=1S/C13H17BF3O2/c1-10-8-12(14(15,16)17)2-3-13(10)19-9-11-4-6-18-7-5-11/h2-3,8,11H,4-7,9H2,1H3/q-1. The zero-order chi connectivity index (χ0) is 13.9. The molecule has 0 aromatic heterocycles. The molecule has 0 amide bonds. The summed E-state index contributed by atoms with van der Waals surface area (Å²) in [5, 5.41) is 0. The van der Waals surface area contributed by atoms with Crippen LogP contribution in [-0.2, 0) is 4.74 Å². The van der Waals surface area contributed by atoms with Gasteiger partial charge in [-0.05, 0) is 37.3 Å². The number of ether oxygens (including phenoxy) is 2. The molecule has 2 nitrogen and oxygen atoms in total. The fourth-order valence-electron chi connectivity index (χ4n) is 2.16. The molecule has 6 heteroatoms. The van der Waals surface area contributed by atoms with Crippen LogP contribution < -0.4 is 10.2 Å². The lowest BCUT2D eigenvalue weighted by atomic mass is 9.79. The van der Waals surface area contributed by atoms with Crippen molar-refractivity contribution in [3.63, 3.8) is 0 Å². The molecule has 0 aliphatic carbocycles. The average Bonchev–Trinajstić information content (AvgIpc) is 2.37. The van der Waals surface area contributed by atoms with E-state index in [4.69, 9.17) is 9.47 Å². The van der Waals surface area contributed by atoms with Crippen molar-refractivity contribution in [2.24, 2.45) is 5.92 Å². The summed E-state index contributed by atoms with van der Waals surface area (Å²) in [5.41, 5.74) is -0.0420. The molecule has 0 atom stereocenters. The second kappa shape index (κ2) is 5.86. The third-order valence-corrected chi connectivity index (χ3v) is 3.39. The minimum absolute atomic E-state index is 0.430. The van der Waals surface area contributed by atoms with Crippen LogP contribution in [0, 0.1) is 12.8 Å². The fraction of sp³-hybridized carbons (Fsp3) is 0.538. The lowest BCUT2D eigenvalue weighted by Crippen LogP contribution is -2.34. The van der Waals surface area contributed by atoms with Gasteiger partial charge < -0.3 is 22.4 Å². The minimum Gasteiger partial charge on any atom is -0.493 e. The molecule has 0 N–H and O–H groups in total. The summed E-state index contributed by atoms with van der Waals surface area (Å²) >= 11 is 0. The molecule has 0 unspecified atom stereocenters. The van der Waals surface area contributed by atoms with Gasteiger partial charge in [0.2, 0.25) is 0 Å². The van der Waals surface area contributed by atoms with Crippen molar-refractivity contribution in [3.8, 4) is 5.75 Å². The van der Waals surface area contributed by atoms with Gasteiger partial charge in [0.05, 0.1) is 6.61 Å². The third-order valence-electron chi connectivity index (χ3n) is 3.39. The van der Waals surface area contributed by atoms with E-state index in [-0.39, 0.29) is 0 Å². The molecule has 2 rings (SSSR count). The van der Waals surface area contributed by atoms with Crippen LogP contribution in [0.3, 0.4) is 0 Å². The van der Waals surface area contributed by atoms with Crippen LogP contribution in [0.15, 0.2) is 18.2 Å². The number of aryl methyl sites for hydroxylation is 1. The molecule has 19 heavy (non-hydrogen) atoms. The second-order valence-corrected chi connectivity index (χ2v) is 4.97. The fourth-order valence-corrected chi connectivity index (χ4v) is 2.16. The highest BCUT2D eigenvalue weighted by molar-refractivity contribution is 6.73. The number of halogens is 3. The molecule has 1 aromatic rings. The van der Waals surface area contributed by atoms with Crippen LogP contribution in [0.1, 0.15) is 18.4 Å². The number of hydrogen-bond acceptors (Lipinski definition) is 2. The van der Waals surface area contributed by atoms with Gasteiger partial charge in [-0.1, -0.05) is 12.1 Å². The Morgan fingerprint density at radius 2 is 1.95 bits per heavy atom. The first-order valence-electron chi connectivity index (χ1n) is 6.48. The molecule has 0 spiro atoms. The van der Waals surface area contributed by atoms with Gasteiger partial charge in [-0.15, -0.1) is 5.46 Å². The zero-order valence-electron chi connectivity index (χ0n) is 10.9. The Morgan fingerprint density at radius 1 is 1.26 bits per heavy atom. The summed E-state index contributed by atoms with van der Waals surface area (Å²) in [5.74, 6) is 0.968. The van der Waals surface area contributed by atoms with Crippen molar-refractivity contribution >= 4 is 12.4 Å². The van der Waals surface area contributed by atoms with Gasteiger partial charge in [0, 0.05) is 13.2 Å². The number of rotatable bonds is 4. The van der Waals surface area contributed by atoms with Gasteiger partial charge in [0.25, 0.3) is 0 Å². The van der Waals surface area contributed by atoms with E-state index < -0.39 is 12.4 Å². The monoisotopic (exact) mass is 273 g/mol. The van der Waals surface area contributed by atoms with E-state index in [1.54, 1.807) is 6.92 Å². The van der Waals surface area contributed by atoms with Crippen molar-refractivity contribution in [2.75, 3.05) is 19.8 Å². The van der Waals surface area contributed by atoms with Crippen LogP contribution >= 0.6 is 0 Å². The minimum atomic E-state index is -4.94. The van der Waals surface area contributed by atoms with Gasteiger partial charge in [-0.2, -0.15) is 0 Å². The van der Waals surface area contributed by atoms with Crippen molar-refractivity contribution in [1.29, 1.82) is 0 Å². The average molecular weight is 273 g/mol. The largest absolute Gasteiger partial charge is 0.509 e. The Hall–Kier alpha value is -1.17. The number of benzene rings is 1. The Morgan fingerprint density at radius 3 is 2.53 bits per heavy atom. The molecule has 1 heterocycles. The van der Waals surface area contributed by atoms with Crippen molar-refractivity contribution in [1.82, 2.24) is 0 Å². The van der Waals surface area contributed by atoms with E-state index in [2.05, 4.69) is 0 Å². The summed E-state index contributed by atoms with van der Waals surface area (Å²) in [6.45, 7) is -1.27. The highest BCUT2D eigenvalue weighted by Gasteiger charge is 2.25. The van der Waals surface area contributed by atoms with Gasteiger partial charge in [0.15, 0.2) is 0 Å². The van der Waals surface area contributed by atoms with Crippen molar-refractivity contribution < 1.29 is 22.4 Å². The molecule has 106 valence electrons. The highest BCUT2D eigenvalue weighted by atomic mass is 19.4. The maximum atomic E-state index is 12.6. The Bertz CT molecular complexity index is 428. The Balaban J connectivity index is 1.97. The molecule has 0 bridgehead atoms. The Kier molecular flexibility index (Phi) is 4.40. The first kappa shape index (κ1) is 14.2. The number of hydrogen-bond donors (Lipinski definition) is 0. The van der Waals surface area contributed by atoms with Crippen LogP contribution in [-0.4, -0.2) is 26.8 Å². The van der Waals surface area contributed by atoms with Gasteiger partial charge in [-0.3, -0.25) is 0 Å². The molecular weight excluding hydrogens is 256 g/mol. The summed E-state index contributed by atoms with van der Waals surface area (Å²) in [6.07, 6.45) is 1.89. The maximum absolute atomic E-state index is 12.6. The summed E-state index contributed by atoms with van der Waals surface area (Å²) in [4.78, 5) is 0. The molecule has 1 saturated heterocycles. The molecule has 0 radical (unpaired) electrons.